The molecule has 1 amide bonds. The van der Waals surface area contributed by atoms with Gasteiger partial charge in [0.2, 0.25) is 0 Å². The van der Waals surface area contributed by atoms with Gasteiger partial charge in [-0.05, 0) is 66.5 Å². The van der Waals surface area contributed by atoms with Crippen molar-refractivity contribution in [1.82, 2.24) is 29.2 Å². The van der Waals surface area contributed by atoms with E-state index in [4.69, 9.17) is 4.74 Å². The Morgan fingerprint density at radius 2 is 1.87 bits per heavy atom. The minimum atomic E-state index is -0.569. The number of hydrogen-bond acceptors (Lipinski definition) is 7. The minimum Gasteiger partial charge on any atom is -0.507 e. The molecule has 38 heavy (non-hydrogen) atoms. The van der Waals surface area contributed by atoms with Gasteiger partial charge in [-0.15, -0.1) is 0 Å². The number of carbonyl (C=O) groups is 1. The number of aryl methyl sites for hydroxylation is 2. The quantitative estimate of drug-likeness (QED) is 0.409. The SMILES string of the molecule is Cc1c(O)c(-c2ncc3c(=O)n([C@@H]4C[C@@H](C)N(C(=O)OC(C)(C)C)[C@@H](C)C4)ccc3n2)cc2cn(C)nc12. The molecule has 10 heteroatoms. The summed E-state index contributed by atoms with van der Waals surface area (Å²) in [4.78, 5) is 37.1. The van der Waals surface area contributed by atoms with Crippen LogP contribution < -0.4 is 5.56 Å². The highest BCUT2D eigenvalue weighted by Crippen LogP contribution is 2.36. The second-order valence-electron chi connectivity index (χ2n) is 11.4. The summed E-state index contributed by atoms with van der Waals surface area (Å²) in [7, 11) is 1.83. The molecular formula is C28H34N6O4. The Morgan fingerprint density at radius 3 is 2.53 bits per heavy atom. The number of aromatic nitrogens is 5. The van der Waals surface area contributed by atoms with E-state index in [2.05, 4.69) is 15.1 Å². The highest BCUT2D eigenvalue weighted by Gasteiger charge is 2.37. The zero-order chi connectivity index (χ0) is 27.5. The van der Waals surface area contributed by atoms with E-state index in [0.29, 0.717) is 40.7 Å². The van der Waals surface area contributed by atoms with Crippen LogP contribution in [0, 0.1) is 6.92 Å². The second-order valence-corrected chi connectivity index (χ2v) is 11.4. The molecule has 0 unspecified atom stereocenters. The van der Waals surface area contributed by atoms with Gasteiger partial charge in [-0.3, -0.25) is 9.48 Å². The number of amides is 1. The highest BCUT2D eigenvalue weighted by atomic mass is 16.6. The molecular weight excluding hydrogens is 484 g/mol. The highest BCUT2D eigenvalue weighted by molar-refractivity contribution is 5.90. The summed E-state index contributed by atoms with van der Waals surface area (Å²) in [6.07, 6.45) is 6.11. The summed E-state index contributed by atoms with van der Waals surface area (Å²) in [5.74, 6) is 0.414. The molecule has 1 N–H and O–H groups in total. The summed E-state index contributed by atoms with van der Waals surface area (Å²) in [6.45, 7) is 11.4. The number of benzene rings is 1. The third-order valence-electron chi connectivity index (χ3n) is 7.21. The Kier molecular flexibility index (Phi) is 6.16. The van der Waals surface area contributed by atoms with Crippen molar-refractivity contribution < 1.29 is 14.6 Å². The van der Waals surface area contributed by atoms with Crippen molar-refractivity contribution in [3.05, 3.63) is 46.6 Å². The van der Waals surface area contributed by atoms with Gasteiger partial charge in [0, 0.05) is 54.7 Å². The van der Waals surface area contributed by atoms with E-state index in [0.717, 1.165) is 10.9 Å². The Bertz CT molecular complexity index is 1600. The van der Waals surface area contributed by atoms with Crippen molar-refractivity contribution in [3.63, 3.8) is 0 Å². The maximum Gasteiger partial charge on any atom is 0.410 e. The van der Waals surface area contributed by atoms with Crippen molar-refractivity contribution in [2.75, 3.05) is 0 Å². The fraction of sp³-hybridized carbons (Fsp3) is 0.464. The van der Waals surface area contributed by atoms with Gasteiger partial charge >= 0.3 is 6.09 Å². The first-order valence-electron chi connectivity index (χ1n) is 12.9. The fourth-order valence-corrected chi connectivity index (χ4v) is 5.52. The van der Waals surface area contributed by atoms with E-state index < -0.39 is 5.60 Å². The van der Waals surface area contributed by atoms with Crippen LogP contribution >= 0.6 is 0 Å². The number of likely N-dealkylation sites (tertiary alicyclic amines) is 1. The number of rotatable bonds is 2. The zero-order valence-corrected chi connectivity index (χ0v) is 22.9. The molecule has 0 aliphatic carbocycles. The summed E-state index contributed by atoms with van der Waals surface area (Å²) in [6, 6.07) is 3.37. The van der Waals surface area contributed by atoms with E-state index in [-0.39, 0.29) is 35.5 Å². The molecule has 3 atom stereocenters. The van der Waals surface area contributed by atoms with Crippen LogP contribution in [0.1, 0.15) is 59.1 Å². The molecule has 3 aromatic heterocycles. The topological polar surface area (TPSA) is 115 Å². The molecule has 5 rings (SSSR count). The molecule has 1 fully saturated rings. The molecule has 4 aromatic rings. The van der Waals surface area contributed by atoms with E-state index in [1.54, 1.807) is 20.3 Å². The molecule has 10 nitrogen and oxygen atoms in total. The summed E-state index contributed by atoms with van der Waals surface area (Å²) in [5, 5.41) is 16.5. The Balaban J connectivity index is 1.46. The van der Waals surface area contributed by atoms with E-state index >= 15 is 0 Å². The third kappa shape index (κ3) is 4.48. The summed E-state index contributed by atoms with van der Waals surface area (Å²) in [5.41, 5.74) is 1.63. The van der Waals surface area contributed by atoms with Crippen molar-refractivity contribution in [2.45, 2.75) is 78.1 Å². The number of phenols is 1. The van der Waals surface area contributed by atoms with Crippen LogP contribution in [0.4, 0.5) is 4.79 Å². The Labute approximate surface area is 220 Å². The predicted octanol–water partition coefficient (Wildman–Crippen LogP) is 4.71. The number of hydrogen-bond donors (Lipinski definition) is 1. The third-order valence-corrected chi connectivity index (χ3v) is 7.21. The first-order chi connectivity index (χ1) is 17.8. The van der Waals surface area contributed by atoms with Gasteiger partial charge in [0.1, 0.15) is 11.4 Å². The Hall–Kier alpha value is -3.95. The molecule has 0 saturated carbocycles. The lowest BCUT2D eigenvalue weighted by molar-refractivity contribution is -0.00633. The summed E-state index contributed by atoms with van der Waals surface area (Å²) < 4.78 is 9.04. The Morgan fingerprint density at radius 1 is 1.18 bits per heavy atom. The van der Waals surface area contributed by atoms with Crippen molar-refractivity contribution >= 4 is 27.9 Å². The molecule has 200 valence electrons. The maximum absolute atomic E-state index is 13.5. The number of piperidine rings is 1. The normalized spacial score (nSPS) is 20.3. The number of pyridine rings is 1. The monoisotopic (exact) mass is 518 g/mol. The molecule has 1 aromatic carbocycles. The van der Waals surface area contributed by atoms with E-state index in [9.17, 15) is 14.7 Å². The van der Waals surface area contributed by atoms with Crippen LogP contribution in [-0.4, -0.2) is 58.1 Å². The van der Waals surface area contributed by atoms with Crippen LogP contribution in [0.5, 0.6) is 5.75 Å². The molecule has 1 saturated heterocycles. The zero-order valence-electron chi connectivity index (χ0n) is 22.9. The minimum absolute atomic E-state index is 0.0728. The molecule has 0 bridgehead atoms. The van der Waals surface area contributed by atoms with Gasteiger partial charge in [-0.1, -0.05) is 0 Å². The largest absolute Gasteiger partial charge is 0.507 e. The summed E-state index contributed by atoms with van der Waals surface area (Å²) >= 11 is 0. The average Bonchev–Trinajstić information content (AvgIpc) is 3.20. The van der Waals surface area contributed by atoms with Gasteiger partial charge in [0.25, 0.3) is 5.56 Å². The van der Waals surface area contributed by atoms with Crippen LogP contribution in [-0.2, 0) is 11.8 Å². The van der Waals surface area contributed by atoms with E-state index in [1.165, 1.54) is 6.20 Å². The van der Waals surface area contributed by atoms with Crippen molar-refractivity contribution in [1.29, 1.82) is 0 Å². The second kappa shape index (κ2) is 9.11. The number of phenolic OH excluding ortho intramolecular Hbond substituents is 1. The molecule has 4 heterocycles. The van der Waals surface area contributed by atoms with Gasteiger partial charge < -0.3 is 19.3 Å². The predicted molar refractivity (Wildman–Crippen MR) is 145 cm³/mol. The van der Waals surface area contributed by atoms with Crippen molar-refractivity contribution in [3.8, 4) is 17.1 Å². The standard InChI is InChI=1S/C28H34N6O4/c1-15-10-19(11-16(2)34(15)27(37)38-28(4,5)6)33-9-8-22-21(26(33)36)13-29-25(30-22)20-12-18-14-32(7)31-23(18)17(3)24(20)35/h8-9,12-16,19,35H,10-11H2,1-7H3/t15-,16+,19-. The van der Waals surface area contributed by atoms with E-state index in [1.807, 2.05) is 66.9 Å². The fourth-order valence-electron chi connectivity index (χ4n) is 5.52. The smallest absolute Gasteiger partial charge is 0.410 e. The molecule has 1 aliphatic heterocycles. The number of aromatic hydroxyl groups is 1. The molecule has 0 spiro atoms. The maximum atomic E-state index is 13.5. The van der Waals surface area contributed by atoms with Gasteiger partial charge in [0.15, 0.2) is 5.82 Å². The lowest BCUT2D eigenvalue weighted by Crippen LogP contribution is -2.52. The molecule has 0 radical (unpaired) electrons. The lowest BCUT2D eigenvalue weighted by atomic mass is 9.92. The van der Waals surface area contributed by atoms with Crippen molar-refractivity contribution in [2.24, 2.45) is 7.05 Å². The van der Waals surface area contributed by atoms with Gasteiger partial charge in [0.05, 0.1) is 22.0 Å². The number of ether oxygens (including phenoxy) is 1. The number of fused-ring (bicyclic) bond motifs is 2. The van der Waals surface area contributed by atoms with Crippen LogP contribution in [0.15, 0.2) is 35.5 Å². The van der Waals surface area contributed by atoms with Crippen LogP contribution in [0.2, 0.25) is 0 Å². The van der Waals surface area contributed by atoms with Crippen LogP contribution in [0.25, 0.3) is 33.2 Å². The first-order valence-corrected chi connectivity index (χ1v) is 12.9. The number of nitrogens with zero attached hydrogens (tertiary/aromatic N) is 6. The number of carbonyl (C=O) groups excluding carboxylic acids is 1. The lowest BCUT2D eigenvalue weighted by Gasteiger charge is -2.43. The van der Waals surface area contributed by atoms with Gasteiger partial charge in [-0.2, -0.15) is 5.10 Å². The van der Waals surface area contributed by atoms with Crippen LogP contribution in [0.3, 0.4) is 0 Å². The average molecular weight is 519 g/mol. The first kappa shape index (κ1) is 25.7. The van der Waals surface area contributed by atoms with Gasteiger partial charge in [-0.25, -0.2) is 14.8 Å². The molecule has 1 aliphatic rings.